The van der Waals surface area contributed by atoms with Gasteiger partial charge in [-0.05, 0) is 13.0 Å². The number of rotatable bonds is 2. The Hall–Kier alpha value is -2.18. The van der Waals surface area contributed by atoms with Crippen LogP contribution >= 0.6 is 0 Å². The van der Waals surface area contributed by atoms with Crippen molar-refractivity contribution in [1.82, 2.24) is 14.5 Å². The first-order chi connectivity index (χ1) is 10.4. The third kappa shape index (κ3) is 1.74. The van der Waals surface area contributed by atoms with Gasteiger partial charge in [-0.2, -0.15) is 0 Å². The van der Waals surface area contributed by atoms with E-state index in [0.29, 0.717) is 11.0 Å². The Morgan fingerprint density at radius 2 is 2.27 bits per heavy atom. The summed E-state index contributed by atoms with van der Waals surface area (Å²) in [5, 5.41) is 31.0. The molecule has 2 aromatic rings. The number of aliphatic hydroxyl groups is 3. The molecule has 3 rings (SSSR count). The topological polar surface area (TPSA) is 127 Å². The van der Waals surface area contributed by atoms with Gasteiger partial charge in [0.25, 0.3) is 0 Å². The molecule has 1 aliphatic rings. The lowest BCUT2D eigenvalue weighted by molar-refractivity contribution is -0.117. The molecular formula is C14H16N4O4. The first-order valence-corrected chi connectivity index (χ1v) is 6.61. The lowest BCUT2D eigenvalue weighted by atomic mass is 9.88. The molecule has 4 atom stereocenters. The Balaban J connectivity index is 2.18. The van der Waals surface area contributed by atoms with Crippen LogP contribution in [-0.4, -0.2) is 53.8 Å². The van der Waals surface area contributed by atoms with Gasteiger partial charge in [-0.15, -0.1) is 6.42 Å². The normalized spacial score (nSPS) is 34.9. The number of terminal acetylenes is 1. The van der Waals surface area contributed by atoms with E-state index in [0.717, 1.165) is 0 Å². The molecule has 1 aliphatic heterocycles. The van der Waals surface area contributed by atoms with Crippen molar-refractivity contribution < 1.29 is 20.1 Å². The lowest BCUT2D eigenvalue weighted by Crippen LogP contribution is -2.50. The Morgan fingerprint density at radius 3 is 2.91 bits per heavy atom. The van der Waals surface area contributed by atoms with Gasteiger partial charge in [-0.25, -0.2) is 9.97 Å². The third-order valence-corrected chi connectivity index (χ3v) is 4.09. The summed E-state index contributed by atoms with van der Waals surface area (Å²) >= 11 is 0. The van der Waals surface area contributed by atoms with Gasteiger partial charge in [-0.1, -0.05) is 5.92 Å². The Labute approximate surface area is 126 Å². The molecule has 3 unspecified atom stereocenters. The van der Waals surface area contributed by atoms with Gasteiger partial charge >= 0.3 is 0 Å². The highest BCUT2D eigenvalue weighted by molar-refractivity contribution is 5.86. The second-order valence-electron chi connectivity index (χ2n) is 5.53. The van der Waals surface area contributed by atoms with Crippen molar-refractivity contribution in [3.05, 3.63) is 18.6 Å². The van der Waals surface area contributed by atoms with Gasteiger partial charge in [0.2, 0.25) is 0 Å². The number of aliphatic hydroxyl groups excluding tert-OH is 2. The highest BCUT2D eigenvalue weighted by Gasteiger charge is 2.61. The van der Waals surface area contributed by atoms with Crippen LogP contribution in [0, 0.1) is 12.3 Å². The van der Waals surface area contributed by atoms with E-state index in [1.807, 2.05) is 0 Å². The highest BCUT2D eigenvalue weighted by atomic mass is 16.6. The molecule has 0 radical (unpaired) electrons. The van der Waals surface area contributed by atoms with Crippen molar-refractivity contribution in [3.63, 3.8) is 0 Å². The molecule has 1 saturated heterocycles. The first kappa shape index (κ1) is 14.7. The van der Waals surface area contributed by atoms with Crippen molar-refractivity contribution in [2.45, 2.75) is 30.5 Å². The molecule has 0 aromatic carbocycles. The number of nitrogens with zero attached hydrogens (tertiary/aromatic N) is 3. The van der Waals surface area contributed by atoms with Crippen molar-refractivity contribution in [2.24, 2.45) is 0 Å². The maximum atomic E-state index is 10.7. The van der Waals surface area contributed by atoms with Crippen molar-refractivity contribution in [2.75, 3.05) is 12.3 Å². The molecule has 5 N–H and O–H groups in total. The summed E-state index contributed by atoms with van der Waals surface area (Å²) in [5.41, 5.74) is 2.75. The molecule has 1 fully saturated rings. The van der Waals surface area contributed by atoms with Crippen LogP contribution in [0.1, 0.15) is 13.2 Å². The van der Waals surface area contributed by atoms with E-state index in [-0.39, 0.29) is 5.82 Å². The fourth-order valence-electron chi connectivity index (χ4n) is 2.73. The summed E-state index contributed by atoms with van der Waals surface area (Å²) in [5.74, 6) is 2.45. The summed E-state index contributed by atoms with van der Waals surface area (Å²) in [4.78, 5) is 8.00. The molecule has 0 aliphatic carbocycles. The van der Waals surface area contributed by atoms with Crippen molar-refractivity contribution in [1.29, 1.82) is 0 Å². The molecule has 2 aromatic heterocycles. The van der Waals surface area contributed by atoms with E-state index < -0.39 is 30.1 Å². The van der Waals surface area contributed by atoms with Gasteiger partial charge in [0.05, 0.1) is 12.0 Å². The van der Waals surface area contributed by atoms with Crippen molar-refractivity contribution >= 4 is 16.9 Å². The average molecular weight is 304 g/mol. The number of ether oxygens (including phenoxy) is 1. The summed E-state index contributed by atoms with van der Waals surface area (Å²) in [6.07, 6.45) is 5.67. The number of nitrogen functional groups attached to an aromatic ring is 1. The average Bonchev–Trinajstić information content (AvgIpc) is 3.03. The van der Waals surface area contributed by atoms with Crippen LogP contribution in [0.15, 0.2) is 18.6 Å². The van der Waals surface area contributed by atoms with Crippen LogP contribution in [-0.2, 0) is 4.74 Å². The summed E-state index contributed by atoms with van der Waals surface area (Å²) in [7, 11) is 0. The minimum atomic E-state index is -2.02. The van der Waals surface area contributed by atoms with E-state index in [9.17, 15) is 15.3 Å². The molecule has 116 valence electrons. The highest BCUT2D eigenvalue weighted by Crippen LogP contribution is 2.45. The van der Waals surface area contributed by atoms with Crippen LogP contribution in [0.25, 0.3) is 11.0 Å². The zero-order valence-corrected chi connectivity index (χ0v) is 11.8. The predicted molar refractivity (Wildman–Crippen MR) is 77.3 cm³/mol. The van der Waals surface area contributed by atoms with Crippen LogP contribution in [0.5, 0.6) is 0 Å². The largest absolute Gasteiger partial charge is 0.393 e. The molecule has 22 heavy (non-hydrogen) atoms. The van der Waals surface area contributed by atoms with Crippen molar-refractivity contribution in [3.8, 4) is 12.3 Å². The quantitative estimate of drug-likeness (QED) is 0.525. The molecule has 8 nitrogen and oxygen atoms in total. The van der Waals surface area contributed by atoms with Crippen LogP contribution in [0.4, 0.5) is 5.82 Å². The monoisotopic (exact) mass is 304 g/mol. The number of hydrogen-bond acceptors (Lipinski definition) is 7. The fraction of sp³-hybridized carbons (Fsp3) is 0.429. The smallest absolute Gasteiger partial charge is 0.199 e. The van der Waals surface area contributed by atoms with E-state index in [2.05, 4.69) is 15.9 Å². The van der Waals surface area contributed by atoms with E-state index >= 15 is 0 Å². The van der Waals surface area contributed by atoms with Gasteiger partial charge in [0, 0.05) is 6.20 Å². The SMILES string of the molecule is C#CC1(O)C(O)C(C)(CO)O[C@H]1n1ccc2c(N)ncnc21. The zero-order chi connectivity index (χ0) is 16.1. The molecule has 8 heteroatoms. The second-order valence-corrected chi connectivity index (χ2v) is 5.53. The van der Waals surface area contributed by atoms with Gasteiger partial charge < -0.3 is 30.4 Å². The van der Waals surface area contributed by atoms with Gasteiger partial charge in [-0.3, -0.25) is 0 Å². The van der Waals surface area contributed by atoms with Gasteiger partial charge in [0.15, 0.2) is 11.8 Å². The lowest BCUT2D eigenvalue weighted by Gasteiger charge is -2.27. The number of anilines is 1. The second kappa shape index (κ2) is 4.66. The van der Waals surface area contributed by atoms with E-state index in [1.165, 1.54) is 17.8 Å². The first-order valence-electron chi connectivity index (χ1n) is 6.61. The van der Waals surface area contributed by atoms with Crippen LogP contribution < -0.4 is 5.73 Å². The molecule has 0 amide bonds. The molecule has 3 heterocycles. The minimum absolute atomic E-state index is 0.275. The predicted octanol–water partition coefficient (Wildman–Crippen LogP) is -0.981. The number of aromatic nitrogens is 3. The summed E-state index contributed by atoms with van der Waals surface area (Å²) in [6, 6.07) is 1.66. The maximum Gasteiger partial charge on any atom is 0.199 e. The molecule has 0 saturated carbocycles. The number of fused-ring (bicyclic) bond motifs is 1. The zero-order valence-electron chi connectivity index (χ0n) is 11.8. The Morgan fingerprint density at radius 1 is 1.55 bits per heavy atom. The fourth-order valence-corrected chi connectivity index (χ4v) is 2.73. The maximum absolute atomic E-state index is 10.7. The minimum Gasteiger partial charge on any atom is -0.393 e. The van der Waals surface area contributed by atoms with Gasteiger partial charge in [0.1, 0.15) is 29.5 Å². The Kier molecular flexibility index (Phi) is 3.12. The van der Waals surface area contributed by atoms with Crippen LogP contribution in [0.3, 0.4) is 0 Å². The molecular weight excluding hydrogens is 288 g/mol. The number of nitrogens with two attached hydrogens (primary N) is 1. The Bertz CT molecular complexity index is 770. The molecule has 0 spiro atoms. The third-order valence-electron chi connectivity index (χ3n) is 4.09. The molecule has 0 bridgehead atoms. The standard InChI is InChI=1S/C14H16N4O4/c1-3-14(21)11(20)13(2,6-19)22-12(14)18-5-4-8-9(15)16-7-17-10(8)18/h1,4-5,7,11-12,19-21H,6H2,2H3,(H2,15,16,17)/t11?,12-,13?,14?/m1/s1. The number of hydrogen-bond donors (Lipinski definition) is 4. The van der Waals surface area contributed by atoms with E-state index in [1.54, 1.807) is 12.3 Å². The summed E-state index contributed by atoms with van der Waals surface area (Å²) in [6.45, 7) is 0.958. The van der Waals surface area contributed by atoms with E-state index in [4.69, 9.17) is 16.9 Å². The van der Waals surface area contributed by atoms with Crippen LogP contribution in [0.2, 0.25) is 0 Å². The summed E-state index contributed by atoms with van der Waals surface area (Å²) < 4.78 is 7.15.